The molecule has 0 bridgehead atoms. The monoisotopic (exact) mass is 424 g/mol. The van der Waals surface area contributed by atoms with Crippen molar-refractivity contribution in [1.29, 1.82) is 0 Å². The van der Waals surface area contributed by atoms with Crippen LogP contribution in [0.3, 0.4) is 0 Å². The Kier molecular flexibility index (Phi) is 6.42. The van der Waals surface area contributed by atoms with Crippen molar-refractivity contribution in [2.45, 2.75) is 25.3 Å². The third-order valence-corrected chi connectivity index (χ3v) is 7.00. The Bertz CT molecular complexity index is 915. The molecule has 1 fully saturated rings. The standard InChI is InChI=1S/C23H24N2O2S2/c26-21(15-20-7-4-13-29-20)25-11-8-18(9-12-25)23(27)24-22(19-10-14-28-16-19)17-5-2-1-3-6-17/h1-7,10,13-14,16,18,22H,8-9,11-12,15H2,(H,24,27). The fourth-order valence-corrected chi connectivity index (χ4v) is 5.15. The molecule has 3 heterocycles. The van der Waals surface area contributed by atoms with Crippen molar-refractivity contribution in [3.63, 3.8) is 0 Å². The quantitative estimate of drug-likeness (QED) is 0.634. The molecule has 1 N–H and O–H groups in total. The van der Waals surface area contributed by atoms with Crippen LogP contribution in [-0.4, -0.2) is 29.8 Å². The van der Waals surface area contributed by atoms with E-state index in [1.165, 1.54) is 0 Å². The topological polar surface area (TPSA) is 49.4 Å². The van der Waals surface area contributed by atoms with Crippen LogP contribution in [0.4, 0.5) is 0 Å². The maximum atomic E-state index is 13.0. The number of nitrogens with zero attached hydrogens (tertiary/aromatic N) is 1. The second-order valence-corrected chi connectivity index (χ2v) is 9.13. The van der Waals surface area contributed by atoms with Gasteiger partial charge in [0.15, 0.2) is 0 Å². The summed E-state index contributed by atoms with van der Waals surface area (Å²) in [6.45, 7) is 1.30. The molecular weight excluding hydrogens is 400 g/mol. The van der Waals surface area contributed by atoms with Crippen LogP contribution in [0.5, 0.6) is 0 Å². The van der Waals surface area contributed by atoms with Gasteiger partial charge < -0.3 is 10.2 Å². The average Bonchev–Trinajstić information content (AvgIpc) is 3.47. The molecule has 1 aliphatic heterocycles. The van der Waals surface area contributed by atoms with E-state index >= 15 is 0 Å². The van der Waals surface area contributed by atoms with E-state index < -0.39 is 0 Å². The van der Waals surface area contributed by atoms with Crippen molar-refractivity contribution in [1.82, 2.24) is 10.2 Å². The molecule has 2 amide bonds. The van der Waals surface area contributed by atoms with Crippen LogP contribution < -0.4 is 5.32 Å². The summed E-state index contributed by atoms with van der Waals surface area (Å²) in [6, 6.07) is 16.0. The van der Waals surface area contributed by atoms with E-state index in [0.717, 1.165) is 16.0 Å². The SMILES string of the molecule is O=C(NC(c1ccccc1)c1ccsc1)C1CCN(C(=O)Cc2cccs2)CC1. The van der Waals surface area contributed by atoms with Gasteiger partial charge in [-0.3, -0.25) is 9.59 Å². The molecule has 0 aliphatic carbocycles. The first-order chi connectivity index (χ1) is 14.2. The van der Waals surface area contributed by atoms with E-state index in [2.05, 4.69) is 28.9 Å². The lowest BCUT2D eigenvalue weighted by Gasteiger charge is -2.32. The van der Waals surface area contributed by atoms with E-state index in [9.17, 15) is 9.59 Å². The zero-order valence-corrected chi connectivity index (χ0v) is 17.8. The number of amides is 2. The Hall–Kier alpha value is -2.44. The zero-order chi connectivity index (χ0) is 20.1. The summed E-state index contributed by atoms with van der Waals surface area (Å²) in [4.78, 5) is 28.5. The highest BCUT2D eigenvalue weighted by atomic mass is 32.1. The van der Waals surface area contributed by atoms with E-state index in [1.807, 2.05) is 46.0 Å². The summed E-state index contributed by atoms with van der Waals surface area (Å²) in [6.07, 6.45) is 1.89. The fraction of sp³-hybridized carbons (Fsp3) is 0.304. The van der Waals surface area contributed by atoms with Crippen molar-refractivity contribution >= 4 is 34.5 Å². The van der Waals surface area contributed by atoms with Gasteiger partial charge in [-0.25, -0.2) is 0 Å². The Morgan fingerprint density at radius 3 is 2.45 bits per heavy atom. The number of hydrogen-bond donors (Lipinski definition) is 1. The molecule has 6 heteroatoms. The molecule has 0 radical (unpaired) electrons. The second-order valence-electron chi connectivity index (χ2n) is 7.32. The largest absolute Gasteiger partial charge is 0.345 e. The lowest BCUT2D eigenvalue weighted by molar-refractivity contribution is -0.135. The van der Waals surface area contributed by atoms with E-state index in [4.69, 9.17) is 0 Å². The predicted octanol–water partition coefficient (Wildman–Crippen LogP) is 4.50. The number of nitrogens with one attached hydrogen (secondary N) is 1. The Morgan fingerprint density at radius 1 is 1.00 bits per heavy atom. The van der Waals surface area contributed by atoms with Crippen LogP contribution in [0.1, 0.15) is 34.9 Å². The molecule has 1 saturated heterocycles. The van der Waals surface area contributed by atoms with Crippen molar-refractivity contribution in [3.05, 3.63) is 80.7 Å². The summed E-state index contributed by atoms with van der Waals surface area (Å²) in [7, 11) is 0. The predicted molar refractivity (Wildman–Crippen MR) is 118 cm³/mol. The molecule has 29 heavy (non-hydrogen) atoms. The molecule has 1 aromatic carbocycles. The number of carbonyl (C=O) groups is 2. The summed E-state index contributed by atoms with van der Waals surface area (Å²) in [5.41, 5.74) is 2.20. The van der Waals surface area contributed by atoms with Gasteiger partial charge in [0, 0.05) is 23.9 Å². The molecule has 3 aromatic rings. The summed E-state index contributed by atoms with van der Waals surface area (Å²) in [5, 5.41) is 9.37. The average molecular weight is 425 g/mol. The first-order valence-electron chi connectivity index (χ1n) is 9.88. The number of piperidine rings is 1. The second kappa shape index (κ2) is 9.37. The first-order valence-corrected chi connectivity index (χ1v) is 11.7. The fourth-order valence-electron chi connectivity index (χ4n) is 3.77. The third kappa shape index (κ3) is 4.95. The van der Waals surface area contributed by atoms with Gasteiger partial charge in [-0.2, -0.15) is 11.3 Å². The van der Waals surface area contributed by atoms with Crippen LogP contribution in [0.15, 0.2) is 64.7 Å². The van der Waals surface area contributed by atoms with Crippen LogP contribution in [0, 0.1) is 5.92 Å². The van der Waals surface area contributed by atoms with E-state index in [1.54, 1.807) is 22.7 Å². The van der Waals surface area contributed by atoms with Crippen molar-refractivity contribution in [2.75, 3.05) is 13.1 Å². The number of rotatable bonds is 6. The summed E-state index contributed by atoms with van der Waals surface area (Å²) in [5.74, 6) is 0.188. The van der Waals surface area contributed by atoms with Gasteiger partial charge in [0.1, 0.15) is 0 Å². The molecule has 0 saturated carbocycles. The smallest absolute Gasteiger partial charge is 0.227 e. The molecule has 1 atom stereocenters. The molecular formula is C23H24N2O2S2. The molecule has 150 valence electrons. The lowest BCUT2D eigenvalue weighted by Crippen LogP contribution is -2.44. The lowest BCUT2D eigenvalue weighted by atomic mass is 9.94. The minimum Gasteiger partial charge on any atom is -0.345 e. The Morgan fingerprint density at radius 2 is 1.79 bits per heavy atom. The van der Waals surface area contributed by atoms with Gasteiger partial charge in [0.05, 0.1) is 12.5 Å². The number of hydrogen-bond acceptors (Lipinski definition) is 4. The number of benzene rings is 1. The summed E-state index contributed by atoms with van der Waals surface area (Å²) >= 11 is 3.25. The van der Waals surface area contributed by atoms with Gasteiger partial charge in [-0.1, -0.05) is 36.4 Å². The molecule has 0 spiro atoms. The number of likely N-dealkylation sites (tertiary alicyclic amines) is 1. The maximum Gasteiger partial charge on any atom is 0.227 e. The minimum atomic E-state index is -0.131. The van der Waals surface area contributed by atoms with Crippen LogP contribution in [0.2, 0.25) is 0 Å². The Balaban J connectivity index is 1.35. The normalized spacial score (nSPS) is 15.8. The van der Waals surface area contributed by atoms with Crippen molar-refractivity contribution in [2.24, 2.45) is 5.92 Å². The van der Waals surface area contributed by atoms with Gasteiger partial charge >= 0.3 is 0 Å². The van der Waals surface area contributed by atoms with Crippen LogP contribution in [-0.2, 0) is 16.0 Å². The van der Waals surface area contributed by atoms with Gasteiger partial charge in [-0.05, 0) is 52.2 Å². The minimum absolute atomic E-state index is 0.0503. The van der Waals surface area contributed by atoms with Gasteiger partial charge in [0.25, 0.3) is 0 Å². The molecule has 4 nitrogen and oxygen atoms in total. The summed E-state index contributed by atoms with van der Waals surface area (Å²) < 4.78 is 0. The highest BCUT2D eigenvalue weighted by molar-refractivity contribution is 7.10. The highest BCUT2D eigenvalue weighted by Gasteiger charge is 2.29. The molecule has 4 rings (SSSR count). The third-order valence-electron chi connectivity index (χ3n) is 5.42. The maximum absolute atomic E-state index is 13.0. The zero-order valence-electron chi connectivity index (χ0n) is 16.1. The van der Waals surface area contributed by atoms with Gasteiger partial charge in [-0.15, -0.1) is 11.3 Å². The van der Waals surface area contributed by atoms with E-state index in [-0.39, 0.29) is 23.8 Å². The molecule has 1 unspecified atom stereocenters. The first kappa shape index (κ1) is 19.9. The van der Waals surface area contributed by atoms with Crippen LogP contribution >= 0.6 is 22.7 Å². The molecule has 2 aromatic heterocycles. The van der Waals surface area contributed by atoms with Crippen LogP contribution in [0.25, 0.3) is 0 Å². The van der Waals surface area contributed by atoms with Gasteiger partial charge in [0.2, 0.25) is 11.8 Å². The van der Waals surface area contributed by atoms with Crippen molar-refractivity contribution in [3.8, 4) is 0 Å². The number of thiophene rings is 2. The van der Waals surface area contributed by atoms with Crippen molar-refractivity contribution < 1.29 is 9.59 Å². The molecule has 1 aliphatic rings. The Labute approximate surface area is 179 Å². The van der Waals surface area contributed by atoms with E-state index in [0.29, 0.717) is 32.4 Å². The number of carbonyl (C=O) groups excluding carboxylic acids is 2. The highest BCUT2D eigenvalue weighted by Crippen LogP contribution is 2.26.